The van der Waals surface area contributed by atoms with Crippen LogP contribution >= 0.6 is 0 Å². The summed E-state index contributed by atoms with van der Waals surface area (Å²) < 4.78 is 0. The highest BCUT2D eigenvalue weighted by Crippen LogP contribution is 2.38. The first-order valence-electron chi connectivity index (χ1n) is 9.22. The molecule has 0 N–H and O–H groups in total. The van der Waals surface area contributed by atoms with Crippen molar-refractivity contribution in [3.05, 3.63) is 40.5 Å². The van der Waals surface area contributed by atoms with Crippen molar-refractivity contribution >= 4 is 6.08 Å². The van der Waals surface area contributed by atoms with Crippen molar-refractivity contribution in [3.63, 3.8) is 0 Å². The molecule has 3 unspecified atom stereocenters. The number of aryl methyl sites for hydroxylation is 1. The fourth-order valence-corrected chi connectivity index (χ4v) is 4.09. The minimum absolute atomic E-state index is 0.669. The molecule has 0 heteroatoms. The number of hydrogen-bond acceptors (Lipinski definition) is 0. The van der Waals surface area contributed by atoms with Crippen LogP contribution in [-0.2, 0) is 6.42 Å². The van der Waals surface area contributed by atoms with E-state index in [0.717, 1.165) is 11.8 Å². The summed E-state index contributed by atoms with van der Waals surface area (Å²) in [7, 11) is 0. The molecule has 0 saturated heterocycles. The molecule has 0 radical (unpaired) electrons. The van der Waals surface area contributed by atoms with E-state index < -0.39 is 0 Å². The van der Waals surface area contributed by atoms with Crippen LogP contribution in [0, 0.1) is 24.7 Å². The molecule has 0 fully saturated rings. The summed E-state index contributed by atoms with van der Waals surface area (Å²) in [6, 6.07) is 4.69. The van der Waals surface area contributed by atoms with Gasteiger partial charge in [0.1, 0.15) is 0 Å². The van der Waals surface area contributed by atoms with Crippen LogP contribution in [0.15, 0.2) is 18.2 Å². The third kappa shape index (κ3) is 4.03. The molecule has 1 aliphatic carbocycles. The predicted molar refractivity (Wildman–Crippen MR) is 99.3 cm³/mol. The normalized spacial score (nSPS) is 24.3. The number of hydrogen-bond donors (Lipinski definition) is 0. The molecule has 22 heavy (non-hydrogen) atoms. The largest absolute Gasteiger partial charge is 0.0811 e. The summed E-state index contributed by atoms with van der Waals surface area (Å²) in [5.74, 6) is 3.02. The monoisotopic (exact) mass is 298 g/mol. The molecule has 0 amide bonds. The summed E-state index contributed by atoms with van der Waals surface area (Å²) >= 11 is 0. The van der Waals surface area contributed by atoms with E-state index in [1.165, 1.54) is 36.8 Å². The van der Waals surface area contributed by atoms with Crippen LogP contribution in [0.2, 0.25) is 0 Å². The first-order valence-corrected chi connectivity index (χ1v) is 9.22. The Hall–Kier alpha value is -1.04. The molecule has 0 aliphatic heterocycles. The highest BCUT2D eigenvalue weighted by Gasteiger charge is 2.24. The van der Waals surface area contributed by atoms with Crippen molar-refractivity contribution in [2.75, 3.05) is 0 Å². The topological polar surface area (TPSA) is 0 Å². The Kier molecular flexibility index (Phi) is 5.89. The average Bonchev–Trinajstić information content (AvgIpc) is 2.46. The van der Waals surface area contributed by atoms with Gasteiger partial charge >= 0.3 is 0 Å². The summed E-state index contributed by atoms with van der Waals surface area (Å²) in [5.41, 5.74) is 6.16. The zero-order valence-electron chi connectivity index (χ0n) is 15.4. The Morgan fingerprint density at radius 2 is 1.95 bits per heavy atom. The quantitative estimate of drug-likeness (QED) is 0.563. The summed E-state index contributed by atoms with van der Waals surface area (Å²) in [6.45, 7) is 14.1. The molecule has 0 spiro atoms. The van der Waals surface area contributed by atoms with E-state index >= 15 is 0 Å². The number of rotatable bonds is 5. The molecule has 0 saturated carbocycles. The second kappa shape index (κ2) is 7.49. The van der Waals surface area contributed by atoms with Crippen molar-refractivity contribution in [1.82, 2.24) is 0 Å². The predicted octanol–water partition coefficient (Wildman–Crippen LogP) is 6.77. The molecule has 122 valence electrons. The minimum Gasteiger partial charge on any atom is -0.0811 e. The maximum absolute atomic E-state index is 2.44. The zero-order valence-corrected chi connectivity index (χ0v) is 15.4. The van der Waals surface area contributed by atoms with E-state index in [9.17, 15) is 0 Å². The maximum atomic E-state index is 2.44. The van der Waals surface area contributed by atoms with E-state index in [1.807, 2.05) is 0 Å². The van der Waals surface area contributed by atoms with Crippen molar-refractivity contribution in [2.24, 2.45) is 17.8 Å². The lowest BCUT2D eigenvalue weighted by Gasteiger charge is -2.30. The van der Waals surface area contributed by atoms with Gasteiger partial charge in [-0.25, -0.2) is 0 Å². The lowest BCUT2D eigenvalue weighted by atomic mass is 9.75. The standard InChI is InChI=1S/C22H34/c1-7-15(2)12-16(3)8-11-21-18(5)9-10-20-14-17(4)13-19(6)22(20)21/h8-11,15-17,19H,7,12-14H2,1-6H3/b11-8+/t15?,16?,17-,19?/m0/s1. The molecule has 0 bridgehead atoms. The Bertz CT molecular complexity index is 523. The second-order valence-electron chi connectivity index (χ2n) is 7.90. The van der Waals surface area contributed by atoms with Gasteiger partial charge in [0.15, 0.2) is 0 Å². The van der Waals surface area contributed by atoms with Crippen LogP contribution in [0.5, 0.6) is 0 Å². The van der Waals surface area contributed by atoms with E-state index in [-0.39, 0.29) is 0 Å². The highest BCUT2D eigenvalue weighted by molar-refractivity contribution is 5.61. The Balaban J connectivity index is 2.26. The molecule has 0 nitrogen and oxygen atoms in total. The average molecular weight is 299 g/mol. The molecular weight excluding hydrogens is 264 g/mol. The summed E-state index contributed by atoms with van der Waals surface area (Å²) in [6.07, 6.45) is 10.0. The van der Waals surface area contributed by atoms with Gasteiger partial charge in [-0.3, -0.25) is 0 Å². The molecular formula is C22H34. The van der Waals surface area contributed by atoms with Crippen LogP contribution in [0.3, 0.4) is 0 Å². The van der Waals surface area contributed by atoms with Gasteiger partial charge in [0.05, 0.1) is 0 Å². The minimum atomic E-state index is 0.669. The van der Waals surface area contributed by atoms with Gasteiger partial charge in [-0.05, 0) is 72.1 Å². The van der Waals surface area contributed by atoms with Crippen molar-refractivity contribution in [3.8, 4) is 0 Å². The summed E-state index contributed by atoms with van der Waals surface area (Å²) in [5, 5.41) is 0. The molecule has 1 aromatic carbocycles. The Labute approximate surface area is 138 Å². The third-order valence-corrected chi connectivity index (χ3v) is 5.48. The van der Waals surface area contributed by atoms with Gasteiger partial charge in [0.2, 0.25) is 0 Å². The van der Waals surface area contributed by atoms with E-state index in [2.05, 4.69) is 65.8 Å². The second-order valence-corrected chi connectivity index (χ2v) is 7.90. The first-order chi connectivity index (χ1) is 10.4. The fraction of sp³-hybridized carbons (Fsp3) is 0.636. The van der Waals surface area contributed by atoms with Crippen LogP contribution in [0.25, 0.3) is 6.08 Å². The molecule has 2 rings (SSSR count). The zero-order chi connectivity index (χ0) is 16.3. The molecule has 0 heterocycles. The molecule has 1 aliphatic rings. The van der Waals surface area contributed by atoms with Gasteiger partial charge in [-0.15, -0.1) is 0 Å². The lowest BCUT2D eigenvalue weighted by Crippen LogP contribution is -2.16. The first kappa shape index (κ1) is 17.3. The van der Waals surface area contributed by atoms with Crippen LogP contribution in [-0.4, -0.2) is 0 Å². The SMILES string of the molecule is CCC(C)CC(C)/C=C/c1c(C)ccc2c1C(C)C[C@H](C)C2. The smallest absolute Gasteiger partial charge is 0.0179 e. The fourth-order valence-electron chi connectivity index (χ4n) is 4.09. The van der Waals surface area contributed by atoms with Gasteiger partial charge in [0, 0.05) is 0 Å². The van der Waals surface area contributed by atoms with Crippen molar-refractivity contribution in [1.29, 1.82) is 0 Å². The van der Waals surface area contributed by atoms with Crippen LogP contribution in [0.4, 0.5) is 0 Å². The molecule has 0 aromatic heterocycles. The summed E-state index contributed by atoms with van der Waals surface area (Å²) in [4.78, 5) is 0. The van der Waals surface area contributed by atoms with E-state index in [4.69, 9.17) is 0 Å². The number of allylic oxidation sites excluding steroid dienone is 1. The van der Waals surface area contributed by atoms with Crippen molar-refractivity contribution < 1.29 is 0 Å². The highest BCUT2D eigenvalue weighted by atomic mass is 14.3. The van der Waals surface area contributed by atoms with Crippen LogP contribution in [0.1, 0.15) is 82.1 Å². The van der Waals surface area contributed by atoms with Gasteiger partial charge in [-0.1, -0.05) is 65.3 Å². The number of benzene rings is 1. The van der Waals surface area contributed by atoms with Gasteiger partial charge < -0.3 is 0 Å². The van der Waals surface area contributed by atoms with Crippen LogP contribution < -0.4 is 0 Å². The van der Waals surface area contributed by atoms with E-state index in [1.54, 1.807) is 11.1 Å². The van der Waals surface area contributed by atoms with Gasteiger partial charge in [-0.2, -0.15) is 0 Å². The van der Waals surface area contributed by atoms with E-state index in [0.29, 0.717) is 11.8 Å². The Morgan fingerprint density at radius 1 is 1.23 bits per heavy atom. The van der Waals surface area contributed by atoms with Gasteiger partial charge in [0.25, 0.3) is 0 Å². The molecule has 1 aromatic rings. The lowest BCUT2D eigenvalue weighted by molar-refractivity contribution is 0.449. The van der Waals surface area contributed by atoms with Crippen molar-refractivity contribution in [2.45, 2.75) is 73.1 Å². The number of fused-ring (bicyclic) bond motifs is 1. The maximum Gasteiger partial charge on any atom is -0.0179 e. The molecule has 4 atom stereocenters. The Morgan fingerprint density at radius 3 is 2.64 bits per heavy atom. The third-order valence-electron chi connectivity index (χ3n) is 5.48.